The summed E-state index contributed by atoms with van der Waals surface area (Å²) >= 11 is 0. The van der Waals surface area contributed by atoms with Gasteiger partial charge in [0, 0.05) is 12.6 Å². The molecule has 0 spiro atoms. The van der Waals surface area contributed by atoms with Crippen LogP contribution in [0.25, 0.3) is 0 Å². The van der Waals surface area contributed by atoms with Gasteiger partial charge in [-0.3, -0.25) is 4.79 Å². The van der Waals surface area contributed by atoms with Crippen molar-refractivity contribution in [2.75, 3.05) is 13.2 Å². The third-order valence-corrected chi connectivity index (χ3v) is 2.97. The second kappa shape index (κ2) is 7.01. The summed E-state index contributed by atoms with van der Waals surface area (Å²) in [5.41, 5.74) is 1.16. The largest absolute Gasteiger partial charge is 0.492 e. The molecule has 0 saturated carbocycles. The van der Waals surface area contributed by atoms with Crippen LogP contribution in [0.1, 0.15) is 19.4 Å². The van der Waals surface area contributed by atoms with Crippen molar-refractivity contribution >= 4 is 5.97 Å². The molecule has 0 aliphatic rings. The number of nitrogens with one attached hydrogen (secondary N) is 1. The minimum absolute atomic E-state index is 0.0661. The third-order valence-electron chi connectivity index (χ3n) is 2.97. The van der Waals surface area contributed by atoms with Crippen molar-refractivity contribution in [1.29, 1.82) is 0 Å². The Labute approximate surface area is 108 Å². The maximum absolute atomic E-state index is 10.8. The quantitative estimate of drug-likeness (QED) is 0.728. The predicted octanol–water partition coefficient (Wildman–Crippen LogP) is 2.07. The SMILES string of the molecule is Cc1cccc(OCCN[C@@H](C)[C@@H](C)C(=O)O)c1. The van der Waals surface area contributed by atoms with Crippen molar-refractivity contribution in [1.82, 2.24) is 5.32 Å². The molecule has 0 aromatic heterocycles. The van der Waals surface area contributed by atoms with Gasteiger partial charge in [-0.2, -0.15) is 0 Å². The molecule has 0 radical (unpaired) electrons. The smallest absolute Gasteiger partial charge is 0.307 e. The molecule has 2 atom stereocenters. The standard InChI is InChI=1S/C14H21NO3/c1-10-5-4-6-13(9-10)18-8-7-15-12(3)11(2)14(16)17/h4-6,9,11-12,15H,7-8H2,1-3H3,(H,16,17)/t11-,12+/m1/s1. The highest BCUT2D eigenvalue weighted by Crippen LogP contribution is 2.11. The van der Waals surface area contributed by atoms with Crippen LogP contribution >= 0.6 is 0 Å². The van der Waals surface area contributed by atoms with E-state index in [1.807, 2.05) is 38.1 Å². The molecule has 4 nitrogen and oxygen atoms in total. The van der Waals surface area contributed by atoms with Crippen molar-refractivity contribution in [3.05, 3.63) is 29.8 Å². The van der Waals surface area contributed by atoms with E-state index in [0.717, 1.165) is 11.3 Å². The lowest BCUT2D eigenvalue weighted by Gasteiger charge is -2.17. The first kappa shape index (κ1) is 14.5. The number of ether oxygens (including phenoxy) is 1. The third kappa shape index (κ3) is 4.75. The van der Waals surface area contributed by atoms with Gasteiger partial charge in [0.2, 0.25) is 0 Å². The Morgan fingerprint density at radius 2 is 2.17 bits per heavy atom. The number of aliphatic carboxylic acids is 1. The van der Waals surface area contributed by atoms with E-state index in [0.29, 0.717) is 13.2 Å². The summed E-state index contributed by atoms with van der Waals surface area (Å²) in [7, 11) is 0. The molecule has 4 heteroatoms. The number of carboxylic acid groups (broad SMARTS) is 1. The van der Waals surface area contributed by atoms with Crippen LogP contribution in [-0.2, 0) is 4.79 Å². The predicted molar refractivity (Wildman–Crippen MR) is 70.9 cm³/mol. The van der Waals surface area contributed by atoms with E-state index in [4.69, 9.17) is 9.84 Å². The Kier molecular flexibility index (Phi) is 5.65. The zero-order valence-electron chi connectivity index (χ0n) is 11.1. The molecule has 0 unspecified atom stereocenters. The Bertz CT molecular complexity index is 392. The van der Waals surface area contributed by atoms with Crippen molar-refractivity contribution < 1.29 is 14.6 Å². The molecule has 0 aliphatic heterocycles. The normalized spacial score (nSPS) is 13.9. The van der Waals surface area contributed by atoms with E-state index >= 15 is 0 Å². The summed E-state index contributed by atoms with van der Waals surface area (Å²) in [5.74, 6) is -0.339. The van der Waals surface area contributed by atoms with Gasteiger partial charge in [0.15, 0.2) is 0 Å². The molecule has 1 aromatic rings. The average Bonchev–Trinajstić information content (AvgIpc) is 2.33. The van der Waals surface area contributed by atoms with Crippen LogP contribution in [0.5, 0.6) is 5.75 Å². The van der Waals surface area contributed by atoms with Gasteiger partial charge in [-0.15, -0.1) is 0 Å². The second-order valence-corrected chi connectivity index (χ2v) is 4.53. The molecule has 0 aliphatic carbocycles. The topological polar surface area (TPSA) is 58.6 Å². The van der Waals surface area contributed by atoms with E-state index in [1.165, 1.54) is 0 Å². The lowest BCUT2D eigenvalue weighted by molar-refractivity contribution is -0.141. The van der Waals surface area contributed by atoms with E-state index in [-0.39, 0.29) is 6.04 Å². The Hall–Kier alpha value is -1.55. The van der Waals surface area contributed by atoms with Crippen LogP contribution in [0.3, 0.4) is 0 Å². The summed E-state index contributed by atoms with van der Waals surface area (Å²) in [6.07, 6.45) is 0. The van der Waals surface area contributed by atoms with Crippen molar-refractivity contribution in [2.24, 2.45) is 5.92 Å². The number of hydrogen-bond donors (Lipinski definition) is 2. The van der Waals surface area contributed by atoms with Crippen LogP contribution in [-0.4, -0.2) is 30.3 Å². The number of carboxylic acids is 1. The molecule has 0 fully saturated rings. The van der Waals surface area contributed by atoms with E-state index in [1.54, 1.807) is 6.92 Å². The number of aryl methyl sites for hydroxylation is 1. The zero-order chi connectivity index (χ0) is 13.5. The van der Waals surface area contributed by atoms with Gasteiger partial charge >= 0.3 is 5.97 Å². The first-order valence-electron chi connectivity index (χ1n) is 6.16. The van der Waals surface area contributed by atoms with Gasteiger partial charge in [0.25, 0.3) is 0 Å². The van der Waals surface area contributed by atoms with Crippen LogP contribution in [0.4, 0.5) is 0 Å². The van der Waals surface area contributed by atoms with Crippen LogP contribution in [0, 0.1) is 12.8 Å². The monoisotopic (exact) mass is 251 g/mol. The number of hydrogen-bond acceptors (Lipinski definition) is 3. The zero-order valence-corrected chi connectivity index (χ0v) is 11.1. The first-order valence-corrected chi connectivity index (χ1v) is 6.16. The number of benzene rings is 1. The minimum atomic E-state index is -0.783. The highest BCUT2D eigenvalue weighted by atomic mass is 16.5. The fraction of sp³-hybridized carbons (Fsp3) is 0.500. The Morgan fingerprint density at radius 1 is 1.44 bits per heavy atom. The van der Waals surface area contributed by atoms with Crippen molar-refractivity contribution in [3.63, 3.8) is 0 Å². The summed E-state index contributed by atoms with van der Waals surface area (Å²) < 4.78 is 5.57. The van der Waals surface area contributed by atoms with Gasteiger partial charge in [0.1, 0.15) is 12.4 Å². The maximum Gasteiger partial charge on any atom is 0.307 e. The summed E-state index contributed by atoms with van der Waals surface area (Å²) in [6, 6.07) is 7.79. The molecule has 0 bridgehead atoms. The molecule has 0 heterocycles. The molecule has 0 amide bonds. The Balaban J connectivity index is 2.25. The van der Waals surface area contributed by atoms with Gasteiger partial charge in [0.05, 0.1) is 5.92 Å². The molecule has 0 saturated heterocycles. The number of rotatable bonds is 7. The molecular formula is C14H21NO3. The average molecular weight is 251 g/mol. The van der Waals surface area contributed by atoms with E-state index in [9.17, 15) is 4.79 Å². The minimum Gasteiger partial charge on any atom is -0.492 e. The van der Waals surface area contributed by atoms with Crippen LogP contribution < -0.4 is 10.1 Å². The molecule has 1 rings (SSSR count). The van der Waals surface area contributed by atoms with E-state index in [2.05, 4.69) is 5.32 Å². The van der Waals surface area contributed by atoms with Crippen molar-refractivity contribution in [2.45, 2.75) is 26.8 Å². The first-order chi connectivity index (χ1) is 8.50. The molecular weight excluding hydrogens is 230 g/mol. The van der Waals surface area contributed by atoms with Crippen LogP contribution in [0.15, 0.2) is 24.3 Å². The molecule has 18 heavy (non-hydrogen) atoms. The van der Waals surface area contributed by atoms with E-state index < -0.39 is 11.9 Å². The summed E-state index contributed by atoms with van der Waals surface area (Å²) in [4.78, 5) is 10.8. The lowest BCUT2D eigenvalue weighted by atomic mass is 10.0. The summed E-state index contributed by atoms with van der Waals surface area (Å²) in [6.45, 7) is 6.74. The highest BCUT2D eigenvalue weighted by Gasteiger charge is 2.18. The highest BCUT2D eigenvalue weighted by molar-refractivity contribution is 5.70. The molecule has 2 N–H and O–H groups in total. The van der Waals surface area contributed by atoms with Gasteiger partial charge < -0.3 is 15.2 Å². The van der Waals surface area contributed by atoms with Gasteiger partial charge in [-0.1, -0.05) is 19.1 Å². The fourth-order valence-corrected chi connectivity index (χ4v) is 1.55. The lowest BCUT2D eigenvalue weighted by Crippen LogP contribution is -2.38. The van der Waals surface area contributed by atoms with Gasteiger partial charge in [-0.05, 0) is 31.5 Å². The van der Waals surface area contributed by atoms with Gasteiger partial charge in [-0.25, -0.2) is 0 Å². The molecule has 1 aromatic carbocycles. The second-order valence-electron chi connectivity index (χ2n) is 4.53. The number of carbonyl (C=O) groups is 1. The maximum atomic E-state index is 10.8. The fourth-order valence-electron chi connectivity index (χ4n) is 1.55. The van der Waals surface area contributed by atoms with Crippen LogP contribution in [0.2, 0.25) is 0 Å². The Morgan fingerprint density at radius 3 is 2.78 bits per heavy atom. The summed E-state index contributed by atoms with van der Waals surface area (Å²) in [5, 5.41) is 12.0. The molecule has 100 valence electrons. The van der Waals surface area contributed by atoms with Crippen molar-refractivity contribution in [3.8, 4) is 5.75 Å².